The van der Waals surface area contributed by atoms with Crippen LogP contribution < -0.4 is 5.32 Å². The van der Waals surface area contributed by atoms with E-state index in [0.29, 0.717) is 5.02 Å². The second kappa shape index (κ2) is 9.28. The van der Waals surface area contributed by atoms with E-state index in [2.05, 4.69) is 34.3 Å². The van der Waals surface area contributed by atoms with E-state index in [9.17, 15) is 0 Å². The molecule has 23 heavy (non-hydrogen) atoms. The number of anilines is 1. The fraction of sp³-hybridized carbons (Fsp3) is 0.333. The predicted octanol–water partition coefficient (Wildman–Crippen LogP) is 5.51. The molecule has 0 aliphatic heterocycles. The Hall–Kier alpha value is -1.91. The zero-order valence-electron chi connectivity index (χ0n) is 13.7. The molecule has 4 nitrogen and oxygen atoms in total. The van der Waals surface area contributed by atoms with Crippen molar-refractivity contribution in [3.8, 4) is 0 Å². The highest BCUT2D eigenvalue weighted by Gasteiger charge is 2.02. The number of nitrogens with one attached hydrogen (secondary N) is 1. The first kappa shape index (κ1) is 17.4. The summed E-state index contributed by atoms with van der Waals surface area (Å²) in [5.74, 6) is 0. The van der Waals surface area contributed by atoms with Crippen molar-refractivity contribution in [2.75, 3.05) is 31.5 Å². The van der Waals surface area contributed by atoms with Crippen LogP contribution in [0.25, 0.3) is 0 Å². The number of para-hydroxylation sites is 1. The van der Waals surface area contributed by atoms with Crippen molar-refractivity contribution < 1.29 is 0 Å². The van der Waals surface area contributed by atoms with Crippen molar-refractivity contribution in [3.05, 3.63) is 53.6 Å². The fourth-order valence-corrected chi connectivity index (χ4v) is 2.34. The van der Waals surface area contributed by atoms with Crippen LogP contribution in [0.5, 0.6) is 0 Å². The van der Waals surface area contributed by atoms with Gasteiger partial charge >= 0.3 is 0 Å². The SMILES string of the molecule is CCN(CC)CCNc1ccccc1N=Nc1ccc(Cl)cc1. The number of nitrogens with zero attached hydrogens (tertiary/aromatic N) is 3. The average molecular weight is 331 g/mol. The van der Waals surface area contributed by atoms with Gasteiger partial charge in [-0.25, -0.2) is 0 Å². The van der Waals surface area contributed by atoms with Crippen molar-refractivity contribution >= 4 is 28.7 Å². The lowest BCUT2D eigenvalue weighted by Crippen LogP contribution is -2.28. The molecule has 0 bridgehead atoms. The minimum Gasteiger partial charge on any atom is -0.382 e. The van der Waals surface area contributed by atoms with Gasteiger partial charge in [0.15, 0.2) is 0 Å². The molecule has 0 saturated carbocycles. The van der Waals surface area contributed by atoms with Crippen molar-refractivity contribution in [1.82, 2.24) is 4.90 Å². The van der Waals surface area contributed by atoms with Crippen molar-refractivity contribution in [2.24, 2.45) is 10.2 Å². The lowest BCUT2D eigenvalue weighted by Gasteiger charge is -2.18. The topological polar surface area (TPSA) is 40.0 Å². The molecule has 5 heteroatoms. The summed E-state index contributed by atoms with van der Waals surface area (Å²) in [6.45, 7) is 8.38. The summed E-state index contributed by atoms with van der Waals surface area (Å²) in [5.41, 5.74) is 2.62. The molecular weight excluding hydrogens is 308 g/mol. The van der Waals surface area contributed by atoms with Crippen molar-refractivity contribution in [3.63, 3.8) is 0 Å². The second-order valence-electron chi connectivity index (χ2n) is 5.15. The molecule has 0 heterocycles. The van der Waals surface area contributed by atoms with Crippen LogP contribution in [-0.2, 0) is 0 Å². The number of azo groups is 1. The maximum Gasteiger partial charge on any atom is 0.109 e. The molecule has 0 atom stereocenters. The van der Waals surface area contributed by atoms with Gasteiger partial charge in [-0.2, -0.15) is 5.11 Å². The Morgan fingerprint density at radius 2 is 1.65 bits per heavy atom. The maximum absolute atomic E-state index is 5.87. The number of likely N-dealkylation sites (N-methyl/N-ethyl adjacent to an activating group) is 1. The zero-order valence-corrected chi connectivity index (χ0v) is 14.4. The fourth-order valence-electron chi connectivity index (χ4n) is 2.22. The molecule has 0 unspecified atom stereocenters. The molecular formula is C18H23ClN4. The molecule has 2 aromatic rings. The highest BCUT2D eigenvalue weighted by Crippen LogP contribution is 2.26. The van der Waals surface area contributed by atoms with Gasteiger partial charge in [0, 0.05) is 18.1 Å². The molecule has 0 amide bonds. The minimum absolute atomic E-state index is 0.697. The van der Waals surface area contributed by atoms with E-state index in [1.165, 1.54) is 0 Å². The number of halogens is 1. The second-order valence-corrected chi connectivity index (χ2v) is 5.58. The molecule has 0 fully saturated rings. The Balaban J connectivity index is 2.01. The molecule has 0 aromatic heterocycles. The third-order valence-electron chi connectivity index (χ3n) is 3.64. The predicted molar refractivity (Wildman–Crippen MR) is 98.3 cm³/mol. The standard InChI is InChI=1S/C18H23ClN4/c1-3-23(4-2)14-13-20-17-7-5-6-8-18(17)22-21-16-11-9-15(19)10-12-16/h5-12,20H,3-4,13-14H2,1-2H3. The molecule has 122 valence electrons. The molecule has 0 aliphatic rings. The third kappa shape index (κ3) is 5.66. The molecule has 2 aromatic carbocycles. The summed E-state index contributed by atoms with van der Waals surface area (Å²) in [6, 6.07) is 15.3. The van der Waals surface area contributed by atoms with Crippen molar-refractivity contribution in [2.45, 2.75) is 13.8 Å². The maximum atomic E-state index is 5.87. The van der Waals surface area contributed by atoms with Gasteiger partial charge in [-0.15, -0.1) is 5.11 Å². The monoisotopic (exact) mass is 330 g/mol. The van der Waals surface area contributed by atoms with Crippen LogP contribution in [0.4, 0.5) is 17.1 Å². The van der Waals surface area contributed by atoms with E-state index in [4.69, 9.17) is 11.6 Å². The Kier molecular flexibility index (Phi) is 7.04. The van der Waals surface area contributed by atoms with Gasteiger partial charge in [0.25, 0.3) is 0 Å². The van der Waals surface area contributed by atoms with Crippen LogP contribution in [0.15, 0.2) is 58.8 Å². The summed E-state index contributed by atoms with van der Waals surface area (Å²) >= 11 is 5.87. The van der Waals surface area contributed by atoms with Gasteiger partial charge in [-0.05, 0) is 49.5 Å². The van der Waals surface area contributed by atoms with Crippen LogP contribution in [-0.4, -0.2) is 31.1 Å². The normalized spacial score (nSPS) is 11.3. The number of hydrogen-bond acceptors (Lipinski definition) is 4. The average Bonchev–Trinajstić information content (AvgIpc) is 2.59. The number of benzene rings is 2. The molecule has 0 saturated heterocycles. The Bertz CT molecular complexity index is 621. The van der Waals surface area contributed by atoms with E-state index < -0.39 is 0 Å². The summed E-state index contributed by atoms with van der Waals surface area (Å²) in [6.07, 6.45) is 0. The molecule has 0 spiro atoms. The Labute approximate surface area is 143 Å². The summed E-state index contributed by atoms with van der Waals surface area (Å²) in [4.78, 5) is 2.38. The lowest BCUT2D eigenvalue weighted by molar-refractivity contribution is 0.316. The quantitative estimate of drug-likeness (QED) is 0.648. The van der Waals surface area contributed by atoms with E-state index in [1.54, 1.807) is 0 Å². The molecule has 0 radical (unpaired) electrons. The molecule has 1 N–H and O–H groups in total. The number of rotatable bonds is 8. The number of hydrogen-bond donors (Lipinski definition) is 1. The first-order chi connectivity index (χ1) is 11.2. The summed E-state index contributed by atoms with van der Waals surface area (Å²) in [7, 11) is 0. The van der Waals surface area contributed by atoms with Gasteiger partial charge in [0.05, 0.1) is 11.4 Å². The van der Waals surface area contributed by atoms with E-state index in [-0.39, 0.29) is 0 Å². The van der Waals surface area contributed by atoms with Gasteiger partial charge < -0.3 is 10.2 Å². The van der Waals surface area contributed by atoms with Gasteiger partial charge in [0.2, 0.25) is 0 Å². The van der Waals surface area contributed by atoms with Gasteiger partial charge in [-0.3, -0.25) is 0 Å². The highest BCUT2D eigenvalue weighted by molar-refractivity contribution is 6.30. The van der Waals surface area contributed by atoms with Crippen LogP contribution >= 0.6 is 11.6 Å². The Morgan fingerprint density at radius 3 is 2.35 bits per heavy atom. The Morgan fingerprint density at radius 1 is 0.957 bits per heavy atom. The van der Waals surface area contributed by atoms with E-state index >= 15 is 0 Å². The molecule has 0 aliphatic carbocycles. The minimum atomic E-state index is 0.697. The largest absolute Gasteiger partial charge is 0.382 e. The summed E-state index contributed by atoms with van der Waals surface area (Å²) < 4.78 is 0. The van der Waals surface area contributed by atoms with Gasteiger partial charge in [-0.1, -0.05) is 37.6 Å². The van der Waals surface area contributed by atoms with E-state index in [0.717, 1.165) is 43.2 Å². The van der Waals surface area contributed by atoms with E-state index in [1.807, 2.05) is 48.5 Å². The zero-order chi connectivity index (χ0) is 16.5. The van der Waals surface area contributed by atoms with Crippen LogP contribution in [0.2, 0.25) is 5.02 Å². The molecule has 2 rings (SSSR count). The smallest absolute Gasteiger partial charge is 0.109 e. The van der Waals surface area contributed by atoms with Crippen LogP contribution in [0.3, 0.4) is 0 Å². The highest BCUT2D eigenvalue weighted by atomic mass is 35.5. The lowest BCUT2D eigenvalue weighted by atomic mass is 10.2. The third-order valence-corrected chi connectivity index (χ3v) is 3.89. The first-order valence-corrected chi connectivity index (χ1v) is 8.33. The van der Waals surface area contributed by atoms with Gasteiger partial charge in [0.1, 0.15) is 5.69 Å². The van der Waals surface area contributed by atoms with Crippen LogP contribution in [0, 0.1) is 0 Å². The van der Waals surface area contributed by atoms with Crippen LogP contribution in [0.1, 0.15) is 13.8 Å². The first-order valence-electron chi connectivity index (χ1n) is 7.95. The van der Waals surface area contributed by atoms with Crippen molar-refractivity contribution in [1.29, 1.82) is 0 Å². The summed E-state index contributed by atoms with van der Waals surface area (Å²) in [5, 5.41) is 12.8.